The zero-order chi connectivity index (χ0) is 20.4. The van der Waals surface area contributed by atoms with Gasteiger partial charge >= 0.3 is 0 Å². The van der Waals surface area contributed by atoms with Crippen LogP contribution in [0.3, 0.4) is 0 Å². The Morgan fingerprint density at radius 3 is 2.52 bits per heavy atom. The van der Waals surface area contributed by atoms with Gasteiger partial charge in [-0.1, -0.05) is 44.1 Å². The molecule has 0 unspecified atom stereocenters. The van der Waals surface area contributed by atoms with E-state index in [1.807, 2.05) is 12.1 Å². The molecule has 0 N–H and O–H groups in total. The number of ether oxygens (including phenoxy) is 1. The van der Waals surface area contributed by atoms with Gasteiger partial charge in [-0.3, -0.25) is 9.59 Å². The third kappa shape index (κ3) is 2.00. The van der Waals surface area contributed by atoms with Crippen LogP contribution in [0.4, 0.5) is 0 Å². The topological polar surface area (TPSA) is 43.4 Å². The molecule has 1 aromatic carbocycles. The Morgan fingerprint density at radius 2 is 1.83 bits per heavy atom. The molecule has 3 saturated carbocycles. The molecule has 150 valence electrons. The zero-order valence-corrected chi connectivity index (χ0v) is 17.2. The van der Waals surface area contributed by atoms with Crippen LogP contribution in [0.5, 0.6) is 5.75 Å². The number of allylic oxidation sites excluding steroid dienone is 2. The lowest BCUT2D eigenvalue weighted by Gasteiger charge is -2.50. The van der Waals surface area contributed by atoms with Gasteiger partial charge in [0.1, 0.15) is 17.3 Å². The molecule has 0 radical (unpaired) electrons. The van der Waals surface area contributed by atoms with Crippen LogP contribution in [0.15, 0.2) is 36.4 Å². The second-order valence-corrected chi connectivity index (χ2v) is 9.64. The second-order valence-electron chi connectivity index (χ2n) is 9.64. The fourth-order valence-corrected chi connectivity index (χ4v) is 7.70. The molecule has 3 nitrogen and oxygen atoms in total. The minimum Gasteiger partial charge on any atom is -0.497 e. The molecule has 3 fully saturated rings. The molecule has 1 aromatic rings. The summed E-state index contributed by atoms with van der Waals surface area (Å²) in [5.74, 6) is 3.09. The first kappa shape index (κ1) is 18.7. The van der Waals surface area contributed by atoms with Crippen LogP contribution in [0.2, 0.25) is 0 Å². The highest BCUT2D eigenvalue weighted by Crippen LogP contribution is 2.79. The number of carbonyl (C=O) groups excluding carboxylic acids is 2. The van der Waals surface area contributed by atoms with E-state index in [1.54, 1.807) is 7.11 Å². The summed E-state index contributed by atoms with van der Waals surface area (Å²) in [6.07, 6.45) is 15.1. The Kier molecular flexibility index (Phi) is 3.92. The van der Waals surface area contributed by atoms with E-state index in [2.05, 4.69) is 37.1 Å². The van der Waals surface area contributed by atoms with Crippen LogP contribution >= 0.6 is 0 Å². The highest BCUT2D eigenvalue weighted by atomic mass is 16.5. The number of carbonyl (C=O) groups is 2. The SMILES string of the molecule is C#CC[C@@H]1CC(=O)[C@@H]2[C@H](C1=O)[C@@]13C=C[C@]2(c2ccc(OC)cc2)[C@@]1(C)CCCC3. The second kappa shape index (κ2) is 6.08. The Morgan fingerprint density at radius 1 is 1.10 bits per heavy atom. The molecule has 4 aliphatic carbocycles. The van der Waals surface area contributed by atoms with Crippen LogP contribution in [0.25, 0.3) is 0 Å². The zero-order valence-electron chi connectivity index (χ0n) is 17.2. The fourth-order valence-electron chi connectivity index (χ4n) is 7.70. The Bertz CT molecular complexity index is 951. The van der Waals surface area contributed by atoms with Crippen molar-refractivity contribution in [2.24, 2.45) is 28.6 Å². The van der Waals surface area contributed by atoms with Crippen LogP contribution in [-0.2, 0) is 15.0 Å². The van der Waals surface area contributed by atoms with Gasteiger partial charge in [-0.2, -0.15) is 0 Å². The van der Waals surface area contributed by atoms with E-state index in [1.165, 1.54) is 0 Å². The van der Waals surface area contributed by atoms with Gasteiger partial charge in [-0.05, 0) is 36.0 Å². The maximum Gasteiger partial charge on any atom is 0.142 e. The summed E-state index contributed by atoms with van der Waals surface area (Å²) in [6.45, 7) is 2.34. The molecule has 0 saturated heterocycles. The normalized spacial score (nSPS) is 42.3. The lowest BCUT2D eigenvalue weighted by Crippen LogP contribution is -2.49. The summed E-state index contributed by atoms with van der Waals surface area (Å²) in [5, 5.41) is 0. The monoisotopic (exact) mass is 388 g/mol. The quantitative estimate of drug-likeness (QED) is 0.566. The van der Waals surface area contributed by atoms with Crippen molar-refractivity contribution < 1.29 is 14.3 Å². The van der Waals surface area contributed by atoms with Crippen molar-refractivity contribution in [2.75, 3.05) is 7.11 Å². The number of hydrogen-bond acceptors (Lipinski definition) is 3. The van der Waals surface area contributed by atoms with E-state index in [4.69, 9.17) is 11.2 Å². The fraction of sp³-hybridized carbons (Fsp3) is 0.538. The molecule has 3 heteroatoms. The van der Waals surface area contributed by atoms with Crippen molar-refractivity contribution in [3.8, 4) is 18.1 Å². The minimum absolute atomic E-state index is 0.126. The number of ketones is 2. The molecule has 2 bridgehead atoms. The highest BCUT2D eigenvalue weighted by Gasteiger charge is 2.79. The van der Waals surface area contributed by atoms with Crippen LogP contribution in [0.1, 0.15) is 51.0 Å². The number of Topliss-reactive ketones (excluding diaryl/α,β-unsaturated/α-hetero) is 2. The summed E-state index contributed by atoms with van der Waals surface area (Å²) in [5.41, 5.74) is 0.372. The van der Waals surface area contributed by atoms with Gasteiger partial charge in [0.15, 0.2) is 0 Å². The standard InChI is InChI=1S/C26H28O3/c1-4-7-17-16-20(27)21-22(23(17)28)25-13-6-5-12-24(25,2)26(21,15-14-25)18-8-10-19(29-3)11-9-18/h1,8-11,14-15,17,21-22H,5-7,12-13,16H2,2-3H3/t17-,21-,22-,24+,25-,26-/m1/s1. The van der Waals surface area contributed by atoms with Crippen LogP contribution in [-0.4, -0.2) is 18.7 Å². The van der Waals surface area contributed by atoms with Gasteiger partial charge in [-0.15, -0.1) is 12.3 Å². The van der Waals surface area contributed by atoms with Gasteiger partial charge < -0.3 is 4.74 Å². The van der Waals surface area contributed by atoms with E-state index in [9.17, 15) is 9.59 Å². The number of fused-ring (bicyclic) bond motifs is 2. The molecule has 0 aromatic heterocycles. The molecular formula is C26H28O3. The smallest absolute Gasteiger partial charge is 0.142 e. The number of methoxy groups -OCH3 is 1. The number of hydrogen-bond donors (Lipinski definition) is 0. The maximum absolute atomic E-state index is 13.7. The lowest BCUT2D eigenvalue weighted by molar-refractivity contribution is -0.145. The predicted molar refractivity (Wildman–Crippen MR) is 111 cm³/mol. The first-order chi connectivity index (χ1) is 13.9. The lowest BCUT2D eigenvalue weighted by atomic mass is 9.52. The highest BCUT2D eigenvalue weighted by molar-refractivity contribution is 6.01. The van der Waals surface area contributed by atoms with Crippen molar-refractivity contribution in [2.45, 2.75) is 50.9 Å². The van der Waals surface area contributed by atoms with Crippen molar-refractivity contribution in [3.05, 3.63) is 42.0 Å². The summed E-state index contributed by atoms with van der Waals surface area (Å²) in [7, 11) is 1.66. The molecular weight excluding hydrogens is 360 g/mol. The van der Waals surface area contributed by atoms with Crippen molar-refractivity contribution in [3.63, 3.8) is 0 Å². The van der Waals surface area contributed by atoms with Crippen LogP contribution in [0, 0.1) is 40.9 Å². The van der Waals surface area contributed by atoms with Crippen molar-refractivity contribution in [1.82, 2.24) is 0 Å². The number of terminal acetylenes is 1. The Labute approximate surface area is 172 Å². The summed E-state index contributed by atoms with van der Waals surface area (Å²) < 4.78 is 5.37. The van der Waals surface area contributed by atoms with Gasteiger partial charge in [0.2, 0.25) is 0 Å². The third-order valence-corrected chi connectivity index (χ3v) is 8.92. The average Bonchev–Trinajstić information content (AvgIpc) is 3.12. The van der Waals surface area contributed by atoms with Gasteiger partial charge in [-0.25, -0.2) is 0 Å². The van der Waals surface area contributed by atoms with Gasteiger partial charge in [0.25, 0.3) is 0 Å². The van der Waals surface area contributed by atoms with E-state index < -0.39 is 5.41 Å². The first-order valence-corrected chi connectivity index (χ1v) is 10.8. The molecule has 4 aliphatic rings. The van der Waals surface area contributed by atoms with Gasteiger partial charge in [0.05, 0.1) is 7.11 Å². The largest absolute Gasteiger partial charge is 0.497 e. The molecule has 0 amide bonds. The molecule has 0 spiro atoms. The number of rotatable bonds is 3. The van der Waals surface area contributed by atoms with E-state index in [0.29, 0.717) is 12.8 Å². The number of benzene rings is 1. The summed E-state index contributed by atoms with van der Waals surface area (Å²) >= 11 is 0. The molecule has 6 atom stereocenters. The minimum atomic E-state index is -0.418. The summed E-state index contributed by atoms with van der Waals surface area (Å²) in [6, 6.07) is 8.17. The molecule has 0 heterocycles. The average molecular weight is 389 g/mol. The summed E-state index contributed by atoms with van der Waals surface area (Å²) in [4.78, 5) is 27.3. The van der Waals surface area contributed by atoms with Crippen molar-refractivity contribution >= 4 is 11.6 Å². The maximum atomic E-state index is 13.7. The van der Waals surface area contributed by atoms with E-state index in [-0.39, 0.29) is 40.2 Å². The predicted octanol–water partition coefficient (Wildman–Crippen LogP) is 4.50. The first-order valence-electron chi connectivity index (χ1n) is 10.8. The third-order valence-electron chi connectivity index (χ3n) is 8.92. The van der Waals surface area contributed by atoms with Crippen molar-refractivity contribution in [1.29, 1.82) is 0 Å². The Balaban J connectivity index is 1.73. The molecule has 0 aliphatic heterocycles. The van der Waals surface area contributed by atoms with Gasteiger partial charge in [0, 0.05) is 41.4 Å². The molecule has 29 heavy (non-hydrogen) atoms. The van der Waals surface area contributed by atoms with Crippen LogP contribution < -0.4 is 4.74 Å². The molecule has 5 rings (SSSR count). The van der Waals surface area contributed by atoms with E-state index in [0.717, 1.165) is 37.0 Å². The Hall–Kier alpha value is -2.34. The van der Waals surface area contributed by atoms with E-state index >= 15 is 0 Å².